The summed E-state index contributed by atoms with van der Waals surface area (Å²) in [6.07, 6.45) is 13.2. The van der Waals surface area contributed by atoms with Crippen LogP contribution in [0.25, 0.3) is 0 Å². The Bertz CT molecular complexity index is 915. The Hall–Kier alpha value is -1.36. The average Bonchev–Trinajstić information content (AvgIpc) is 3.30. The lowest BCUT2D eigenvalue weighted by atomic mass is 9.47. The lowest BCUT2D eigenvalue weighted by Crippen LogP contribution is -2.55. The van der Waals surface area contributed by atoms with E-state index in [2.05, 4.69) is 31.9 Å². The SMILES string of the molecule is CCC(C)(OC(C)=O)C(=O)N(C)[C@H]1CC[C@@]2(C)C(=CC[C@H]3[C@@H]4CC[C@@H]5[C@H](C)N(C)C[C@@]54CC[C@@H]32)C1. The number of hydrogen-bond acceptors (Lipinski definition) is 4. The minimum Gasteiger partial charge on any atom is -0.449 e. The van der Waals surface area contributed by atoms with E-state index >= 15 is 0 Å². The minimum atomic E-state index is -1.07. The summed E-state index contributed by atoms with van der Waals surface area (Å²) in [7, 11) is 4.27. The molecular weight excluding hydrogens is 436 g/mol. The largest absolute Gasteiger partial charge is 0.449 e. The van der Waals surface area contributed by atoms with Crippen LogP contribution < -0.4 is 0 Å². The van der Waals surface area contributed by atoms with Crippen LogP contribution in [-0.4, -0.2) is 60.0 Å². The van der Waals surface area contributed by atoms with Gasteiger partial charge in [-0.25, -0.2) is 0 Å². The highest BCUT2D eigenvalue weighted by molar-refractivity contribution is 5.87. The lowest BCUT2D eigenvalue weighted by molar-refractivity contribution is -0.172. The summed E-state index contributed by atoms with van der Waals surface area (Å²) in [5.74, 6) is 2.97. The molecule has 0 bridgehead atoms. The van der Waals surface area contributed by atoms with Crippen molar-refractivity contribution in [1.82, 2.24) is 9.80 Å². The highest BCUT2D eigenvalue weighted by atomic mass is 16.6. The van der Waals surface area contributed by atoms with Crippen molar-refractivity contribution in [3.8, 4) is 0 Å². The van der Waals surface area contributed by atoms with Crippen molar-refractivity contribution in [3.05, 3.63) is 11.6 Å². The molecule has 0 radical (unpaired) electrons. The number of amides is 1. The number of ether oxygens (including phenoxy) is 1. The number of allylic oxidation sites excluding steroid dienone is 1. The molecule has 3 saturated carbocycles. The monoisotopic (exact) mass is 484 g/mol. The van der Waals surface area contributed by atoms with Crippen LogP contribution in [0.4, 0.5) is 0 Å². The van der Waals surface area contributed by atoms with Crippen LogP contribution in [0.15, 0.2) is 11.6 Å². The maximum Gasteiger partial charge on any atom is 0.303 e. The zero-order valence-corrected chi connectivity index (χ0v) is 23.2. The number of fused-ring (bicyclic) bond motifs is 4. The van der Waals surface area contributed by atoms with Gasteiger partial charge in [-0.15, -0.1) is 0 Å². The van der Waals surface area contributed by atoms with Crippen LogP contribution in [0.5, 0.6) is 0 Å². The normalized spacial score (nSPS) is 44.3. The number of nitrogens with zero attached hydrogens (tertiary/aromatic N) is 2. The summed E-state index contributed by atoms with van der Waals surface area (Å²) >= 11 is 0. The molecule has 1 amide bonds. The third-order valence-corrected chi connectivity index (χ3v) is 12.0. The van der Waals surface area contributed by atoms with Gasteiger partial charge in [-0.3, -0.25) is 9.59 Å². The van der Waals surface area contributed by atoms with Gasteiger partial charge < -0.3 is 14.5 Å². The van der Waals surface area contributed by atoms with E-state index in [-0.39, 0.29) is 23.3 Å². The molecular formula is C30H48N2O3. The Balaban J connectivity index is 1.34. The molecule has 5 heteroatoms. The summed E-state index contributed by atoms with van der Waals surface area (Å²) in [5.41, 5.74) is 1.38. The van der Waals surface area contributed by atoms with Crippen molar-refractivity contribution in [2.75, 3.05) is 20.6 Å². The predicted octanol–water partition coefficient (Wildman–Crippen LogP) is 5.44. The van der Waals surface area contributed by atoms with Crippen molar-refractivity contribution in [1.29, 1.82) is 0 Å². The number of rotatable bonds is 4. The van der Waals surface area contributed by atoms with E-state index in [9.17, 15) is 9.59 Å². The Morgan fingerprint density at radius 2 is 1.89 bits per heavy atom. The van der Waals surface area contributed by atoms with Crippen LogP contribution in [0.1, 0.15) is 92.4 Å². The maximum atomic E-state index is 13.4. The summed E-state index contributed by atoms with van der Waals surface area (Å²) in [6.45, 7) is 11.4. The van der Waals surface area contributed by atoms with Gasteiger partial charge in [-0.2, -0.15) is 0 Å². The third-order valence-electron chi connectivity index (χ3n) is 12.0. The molecule has 5 rings (SSSR count). The van der Waals surface area contributed by atoms with E-state index in [1.54, 1.807) is 12.5 Å². The van der Waals surface area contributed by atoms with E-state index in [4.69, 9.17) is 4.74 Å². The second-order valence-electron chi connectivity index (χ2n) is 13.4. The van der Waals surface area contributed by atoms with Crippen molar-refractivity contribution in [2.45, 2.75) is 110 Å². The van der Waals surface area contributed by atoms with Crippen LogP contribution >= 0.6 is 0 Å². The molecule has 0 N–H and O–H groups in total. The quantitative estimate of drug-likeness (QED) is 0.394. The molecule has 1 unspecified atom stereocenters. The third kappa shape index (κ3) is 3.65. The van der Waals surface area contributed by atoms with Gasteiger partial charge in [0.2, 0.25) is 0 Å². The molecule has 1 aliphatic heterocycles. The molecule has 5 nitrogen and oxygen atoms in total. The number of likely N-dealkylation sites (N-methyl/N-ethyl adjacent to an activating group) is 1. The van der Waals surface area contributed by atoms with Crippen LogP contribution in [0.3, 0.4) is 0 Å². The number of carbonyl (C=O) groups excluding carboxylic acids is 2. The van der Waals surface area contributed by atoms with E-state index < -0.39 is 5.60 Å². The van der Waals surface area contributed by atoms with Crippen LogP contribution in [0, 0.1) is 34.5 Å². The van der Waals surface area contributed by atoms with Crippen molar-refractivity contribution in [3.63, 3.8) is 0 Å². The van der Waals surface area contributed by atoms with Crippen LogP contribution in [-0.2, 0) is 14.3 Å². The fourth-order valence-electron chi connectivity index (χ4n) is 9.90. The smallest absolute Gasteiger partial charge is 0.303 e. The molecule has 0 aromatic heterocycles. The molecule has 9 atom stereocenters. The van der Waals surface area contributed by atoms with E-state index in [1.165, 1.54) is 45.6 Å². The van der Waals surface area contributed by atoms with Crippen LogP contribution in [0.2, 0.25) is 0 Å². The maximum absolute atomic E-state index is 13.4. The molecule has 1 spiro atoms. The highest BCUT2D eigenvalue weighted by Crippen LogP contribution is 2.68. The summed E-state index contributed by atoms with van der Waals surface area (Å²) in [5, 5.41) is 0. The molecule has 0 aromatic rings. The molecule has 1 saturated heterocycles. The first-order chi connectivity index (χ1) is 16.5. The molecule has 5 aliphatic rings. The second-order valence-corrected chi connectivity index (χ2v) is 13.4. The van der Waals surface area contributed by atoms with Gasteiger partial charge >= 0.3 is 5.97 Å². The zero-order chi connectivity index (χ0) is 25.3. The number of hydrogen-bond donors (Lipinski definition) is 0. The first-order valence-corrected chi connectivity index (χ1v) is 14.3. The lowest BCUT2D eigenvalue weighted by Gasteiger charge is -2.58. The zero-order valence-electron chi connectivity index (χ0n) is 23.2. The van der Waals surface area contributed by atoms with Crippen molar-refractivity contribution in [2.24, 2.45) is 34.5 Å². The van der Waals surface area contributed by atoms with E-state index in [1.807, 2.05) is 18.9 Å². The average molecular weight is 485 g/mol. The molecule has 4 aliphatic carbocycles. The Kier molecular flexibility index (Phi) is 6.22. The first-order valence-electron chi connectivity index (χ1n) is 14.3. The highest BCUT2D eigenvalue weighted by Gasteiger charge is 2.64. The minimum absolute atomic E-state index is 0.0610. The fraction of sp³-hybridized carbons (Fsp3) is 0.867. The first kappa shape index (κ1) is 25.3. The number of likely N-dealkylation sites (tertiary alicyclic amines) is 1. The van der Waals surface area contributed by atoms with Gasteiger partial charge in [0.25, 0.3) is 5.91 Å². The second kappa shape index (κ2) is 8.60. The van der Waals surface area contributed by atoms with Gasteiger partial charge in [-0.1, -0.05) is 25.5 Å². The molecule has 196 valence electrons. The number of carbonyl (C=O) groups is 2. The Morgan fingerprint density at radius 3 is 2.57 bits per heavy atom. The standard InChI is InChI=1S/C30H48N2O3/c1-8-29(5,35-20(3)33)27(34)32(7)22-13-15-28(4)21(17-22)9-10-23-25(28)14-16-30-18-31(6)19(2)24(30)11-12-26(23)30/h9,19,22-26H,8,10-18H2,1-7H3/t19-,22-,23+,24+,25-,26-,28-,29?,30-/m0/s1. The van der Waals surface area contributed by atoms with Gasteiger partial charge in [0.1, 0.15) is 0 Å². The van der Waals surface area contributed by atoms with Gasteiger partial charge in [0.05, 0.1) is 0 Å². The fourth-order valence-corrected chi connectivity index (χ4v) is 9.90. The molecule has 1 heterocycles. The van der Waals surface area contributed by atoms with Gasteiger partial charge in [-0.05, 0) is 113 Å². The van der Waals surface area contributed by atoms with E-state index in [0.717, 1.165) is 49.0 Å². The summed E-state index contributed by atoms with van der Waals surface area (Å²) in [6, 6.07) is 0.932. The van der Waals surface area contributed by atoms with E-state index in [0.29, 0.717) is 11.8 Å². The molecule has 4 fully saturated rings. The molecule has 0 aromatic carbocycles. The molecule has 35 heavy (non-hydrogen) atoms. The van der Waals surface area contributed by atoms with Crippen molar-refractivity contribution >= 4 is 11.9 Å². The predicted molar refractivity (Wildman–Crippen MR) is 139 cm³/mol. The number of esters is 1. The Morgan fingerprint density at radius 1 is 1.17 bits per heavy atom. The van der Waals surface area contributed by atoms with Crippen molar-refractivity contribution < 1.29 is 14.3 Å². The Labute approximate surface area is 213 Å². The topological polar surface area (TPSA) is 49.9 Å². The summed E-state index contributed by atoms with van der Waals surface area (Å²) in [4.78, 5) is 29.6. The summed E-state index contributed by atoms with van der Waals surface area (Å²) < 4.78 is 5.50. The van der Waals surface area contributed by atoms with Gasteiger partial charge in [0.15, 0.2) is 5.60 Å². The van der Waals surface area contributed by atoms with Gasteiger partial charge in [0, 0.05) is 32.6 Å².